The number of aromatic amines is 1. The molecule has 0 aromatic carbocycles. The molecule has 2 rings (SSSR count). The molecule has 0 spiro atoms. The summed E-state index contributed by atoms with van der Waals surface area (Å²) < 4.78 is 0. The third-order valence-electron chi connectivity index (χ3n) is 2.21. The van der Waals surface area contributed by atoms with Crippen LogP contribution in [0.25, 0.3) is 0 Å². The molecule has 4 N–H and O–H groups in total. The van der Waals surface area contributed by atoms with Crippen LogP contribution in [0, 0.1) is 0 Å². The topological polar surface area (TPSA) is 77.7 Å². The van der Waals surface area contributed by atoms with E-state index < -0.39 is 0 Å². The second-order valence-electron chi connectivity index (χ2n) is 3.53. The molecule has 6 heteroatoms. The molecule has 0 saturated heterocycles. The summed E-state index contributed by atoms with van der Waals surface area (Å²) >= 11 is 0. The van der Waals surface area contributed by atoms with Gasteiger partial charge in [0.25, 0.3) is 0 Å². The Morgan fingerprint density at radius 3 is 2.88 bits per heavy atom. The highest BCUT2D eigenvalue weighted by Crippen LogP contribution is 2.13. The van der Waals surface area contributed by atoms with E-state index >= 15 is 0 Å². The Hall–Kier alpha value is -2.08. The van der Waals surface area contributed by atoms with E-state index in [4.69, 9.17) is 0 Å². The smallest absolute Gasteiger partial charge is 0.136 e. The summed E-state index contributed by atoms with van der Waals surface area (Å²) in [6.07, 6.45) is 3.39. The first-order valence-electron chi connectivity index (χ1n) is 5.49. The summed E-state index contributed by atoms with van der Waals surface area (Å²) in [4.78, 5) is 11.3. The van der Waals surface area contributed by atoms with E-state index in [2.05, 4.69) is 30.9 Å². The largest absolute Gasteiger partial charge is 0.369 e. The lowest BCUT2D eigenvalue weighted by atomic mass is 10.5. The van der Waals surface area contributed by atoms with Gasteiger partial charge in [-0.2, -0.15) is 0 Å². The molecule has 6 nitrogen and oxygen atoms in total. The van der Waals surface area contributed by atoms with E-state index in [0.29, 0.717) is 0 Å². The fourth-order valence-corrected chi connectivity index (χ4v) is 1.38. The van der Waals surface area contributed by atoms with Crippen LogP contribution in [0.3, 0.4) is 0 Å². The van der Waals surface area contributed by atoms with Crippen LogP contribution >= 0.6 is 0 Å². The van der Waals surface area contributed by atoms with Gasteiger partial charge in [-0.15, -0.1) is 0 Å². The summed E-state index contributed by atoms with van der Waals surface area (Å²) in [7, 11) is 1.92. The SMILES string of the molecule is CNCCNc1cc(Nc2ccc[nH]2)ncn1. The first kappa shape index (κ1) is 11.4. The number of aromatic nitrogens is 3. The molecule has 0 unspecified atom stereocenters. The van der Waals surface area contributed by atoms with Gasteiger partial charge in [0, 0.05) is 25.4 Å². The van der Waals surface area contributed by atoms with Crippen LogP contribution in [-0.2, 0) is 0 Å². The lowest BCUT2D eigenvalue weighted by molar-refractivity contribution is 0.821. The number of hydrogen-bond donors (Lipinski definition) is 4. The fraction of sp³-hybridized carbons (Fsp3) is 0.273. The highest BCUT2D eigenvalue weighted by Gasteiger charge is 1.99. The summed E-state index contributed by atoms with van der Waals surface area (Å²) in [5, 5.41) is 9.42. The minimum atomic E-state index is 0.759. The Balaban J connectivity index is 1.96. The zero-order valence-corrected chi connectivity index (χ0v) is 9.70. The molecular formula is C11H16N6. The summed E-state index contributed by atoms with van der Waals surface area (Å²) in [6, 6.07) is 5.74. The maximum Gasteiger partial charge on any atom is 0.136 e. The molecule has 90 valence electrons. The predicted octanol–water partition coefficient (Wildman–Crippen LogP) is 1.18. The van der Waals surface area contributed by atoms with Crippen molar-refractivity contribution in [2.75, 3.05) is 30.8 Å². The monoisotopic (exact) mass is 232 g/mol. The maximum absolute atomic E-state index is 4.14. The number of likely N-dealkylation sites (N-methyl/N-ethyl adjacent to an activating group) is 1. The van der Waals surface area contributed by atoms with Crippen LogP contribution in [0.5, 0.6) is 0 Å². The van der Waals surface area contributed by atoms with Gasteiger partial charge < -0.3 is 20.9 Å². The third-order valence-corrected chi connectivity index (χ3v) is 2.21. The van der Waals surface area contributed by atoms with Crippen LogP contribution in [0.2, 0.25) is 0 Å². The van der Waals surface area contributed by atoms with E-state index in [1.807, 2.05) is 31.4 Å². The lowest BCUT2D eigenvalue weighted by Crippen LogP contribution is -2.18. The van der Waals surface area contributed by atoms with Gasteiger partial charge in [0.2, 0.25) is 0 Å². The zero-order valence-electron chi connectivity index (χ0n) is 9.70. The minimum absolute atomic E-state index is 0.759. The van der Waals surface area contributed by atoms with Gasteiger partial charge >= 0.3 is 0 Å². The Bertz CT molecular complexity index is 439. The number of nitrogens with one attached hydrogen (secondary N) is 4. The molecule has 0 atom stereocenters. The van der Waals surface area contributed by atoms with Crippen molar-refractivity contribution in [2.45, 2.75) is 0 Å². The van der Waals surface area contributed by atoms with Gasteiger partial charge in [-0.05, 0) is 19.2 Å². The molecule has 0 bridgehead atoms. The van der Waals surface area contributed by atoms with E-state index in [1.54, 1.807) is 0 Å². The van der Waals surface area contributed by atoms with Crippen LogP contribution < -0.4 is 16.0 Å². The molecule has 0 fully saturated rings. The molecule has 0 aliphatic heterocycles. The van der Waals surface area contributed by atoms with Crippen LogP contribution in [0.4, 0.5) is 17.5 Å². The highest BCUT2D eigenvalue weighted by atomic mass is 15.1. The molecule has 0 saturated carbocycles. The van der Waals surface area contributed by atoms with Crippen molar-refractivity contribution < 1.29 is 0 Å². The quantitative estimate of drug-likeness (QED) is 0.563. The van der Waals surface area contributed by atoms with E-state index in [1.165, 1.54) is 6.33 Å². The Morgan fingerprint density at radius 2 is 2.12 bits per heavy atom. The molecule has 17 heavy (non-hydrogen) atoms. The molecule has 0 amide bonds. The molecule has 2 heterocycles. The zero-order chi connectivity index (χ0) is 11.9. The number of H-pyrrole nitrogens is 1. The first-order valence-corrected chi connectivity index (χ1v) is 5.49. The van der Waals surface area contributed by atoms with Gasteiger partial charge in [0.1, 0.15) is 23.8 Å². The predicted molar refractivity (Wildman–Crippen MR) is 68.5 cm³/mol. The Morgan fingerprint density at radius 1 is 1.24 bits per heavy atom. The lowest BCUT2D eigenvalue weighted by Gasteiger charge is -2.07. The van der Waals surface area contributed by atoms with Gasteiger partial charge in [0.15, 0.2) is 0 Å². The fourth-order valence-electron chi connectivity index (χ4n) is 1.38. The van der Waals surface area contributed by atoms with Gasteiger partial charge in [-0.25, -0.2) is 9.97 Å². The highest BCUT2D eigenvalue weighted by molar-refractivity contribution is 5.55. The Labute approximate surface area is 99.9 Å². The number of nitrogens with zero attached hydrogens (tertiary/aromatic N) is 2. The average Bonchev–Trinajstić information content (AvgIpc) is 2.83. The van der Waals surface area contributed by atoms with Crippen LogP contribution in [0.15, 0.2) is 30.7 Å². The van der Waals surface area contributed by atoms with Gasteiger partial charge in [-0.3, -0.25) is 0 Å². The van der Waals surface area contributed by atoms with Crippen molar-refractivity contribution in [3.8, 4) is 0 Å². The molecule has 2 aromatic heterocycles. The van der Waals surface area contributed by atoms with Crippen molar-refractivity contribution >= 4 is 17.5 Å². The number of anilines is 3. The molecular weight excluding hydrogens is 216 g/mol. The van der Waals surface area contributed by atoms with Gasteiger partial charge in [0.05, 0.1) is 0 Å². The standard InChI is InChI=1S/C11H16N6/c1-12-5-6-14-10-7-11(16-8-15-10)17-9-3-2-4-13-9/h2-4,7-8,12-13H,5-6H2,1H3,(H2,14,15,16,17). The summed E-state index contributed by atoms with van der Waals surface area (Å²) in [5.74, 6) is 2.48. The second kappa shape index (κ2) is 5.86. The minimum Gasteiger partial charge on any atom is -0.369 e. The molecule has 0 aliphatic carbocycles. The summed E-state index contributed by atoms with van der Waals surface area (Å²) in [5.41, 5.74) is 0. The van der Waals surface area contributed by atoms with Crippen molar-refractivity contribution in [1.29, 1.82) is 0 Å². The number of rotatable bonds is 6. The first-order chi connectivity index (χ1) is 8.38. The average molecular weight is 232 g/mol. The molecule has 0 aliphatic rings. The van der Waals surface area contributed by atoms with Crippen molar-refractivity contribution in [2.24, 2.45) is 0 Å². The Kier molecular flexibility index (Phi) is 3.93. The van der Waals surface area contributed by atoms with E-state index in [0.717, 1.165) is 30.5 Å². The second-order valence-corrected chi connectivity index (χ2v) is 3.53. The van der Waals surface area contributed by atoms with Crippen molar-refractivity contribution in [1.82, 2.24) is 20.3 Å². The van der Waals surface area contributed by atoms with E-state index in [-0.39, 0.29) is 0 Å². The maximum atomic E-state index is 4.14. The van der Waals surface area contributed by atoms with E-state index in [9.17, 15) is 0 Å². The van der Waals surface area contributed by atoms with Crippen molar-refractivity contribution in [3.05, 3.63) is 30.7 Å². The van der Waals surface area contributed by atoms with Crippen LogP contribution in [-0.4, -0.2) is 35.1 Å². The normalized spacial score (nSPS) is 10.2. The van der Waals surface area contributed by atoms with Crippen LogP contribution in [0.1, 0.15) is 0 Å². The molecule has 2 aromatic rings. The summed E-state index contributed by atoms with van der Waals surface area (Å²) in [6.45, 7) is 1.72. The van der Waals surface area contributed by atoms with Crippen molar-refractivity contribution in [3.63, 3.8) is 0 Å². The van der Waals surface area contributed by atoms with Gasteiger partial charge in [-0.1, -0.05) is 0 Å². The number of hydrogen-bond acceptors (Lipinski definition) is 5. The third kappa shape index (κ3) is 3.46. The molecule has 0 radical (unpaired) electrons.